The molecule has 1 fully saturated rings. The van der Waals surface area contributed by atoms with Crippen LogP contribution in [-0.2, 0) is 0 Å². The van der Waals surface area contributed by atoms with Crippen molar-refractivity contribution in [2.45, 2.75) is 25.4 Å². The van der Waals surface area contributed by atoms with Gasteiger partial charge in [0.15, 0.2) is 0 Å². The van der Waals surface area contributed by atoms with Gasteiger partial charge in [0, 0.05) is 38.0 Å². The topological polar surface area (TPSA) is 65.4 Å². The van der Waals surface area contributed by atoms with Gasteiger partial charge in [-0.2, -0.15) is 5.26 Å². The first kappa shape index (κ1) is 14.5. The maximum atomic E-state index is 11.9. The number of fused-ring (bicyclic) bond motifs is 1. The van der Waals surface area contributed by atoms with E-state index in [0.717, 1.165) is 11.3 Å². The van der Waals surface area contributed by atoms with Crippen LogP contribution in [0.25, 0.3) is 5.57 Å². The minimum absolute atomic E-state index is 0.0296. The molecule has 0 atom stereocenters. The molecular weight excluding hydrogens is 278 g/mol. The number of carbonyl (C=O) groups excluding carboxylic acids is 1. The van der Waals surface area contributed by atoms with Gasteiger partial charge in [-0.15, -0.1) is 0 Å². The lowest BCUT2D eigenvalue weighted by atomic mass is 9.85. The van der Waals surface area contributed by atoms with Crippen LogP contribution >= 0.6 is 0 Å². The normalized spacial score (nSPS) is 18.7. The van der Waals surface area contributed by atoms with Crippen molar-refractivity contribution in [2.75, 3.05) is 19.6 Å². The van der Waals surface area contributed by atoms with Crippen molar-refractivity contribution in [2.24, 2.45) is 0 Å². The van der Waals surface area contributed by atoms with Gasteiger partial charge in [-0.25, -0.2) is 4.79 Å². The van der Waals surface area contributed by atoms with Crippen LogP contribution in [-0.4, -0.2) is 36.2 Å². The molecule has 2 amide bonds. The molecule has 2 heterocycles. The molecule has 0 aliphatic carbocycles. The highest BCUT2D eigenvalue weighted by molar-refractivity contribution is 5.82. The second-order valence-electron chi connectivity index (χ2n) is 5.66. The number of rotatable bonds is 1. The van der Waals surface area contributed by atoms with Crippen LogP contribution < -0.4 is 10.1 Å². The Hall–Kier alpha value is -2.48. The largest absolute Gasteiger partial charge is 0.482 e. The number of amides is 2. The molecule has 2 aliphatic rings. The number of likely N-dealkylation sites (tertiary alicyclic amines) is 1. The van der Waals surface area contributed by atoms with E-state index in [0.29, 0.717) is 38.0 Å². The van der Waals surface area contributed by atoms with Gasteiger partial charge in [0.2, 0.25) is 0 Å². The van der Waals surface area contributed by atoms with Gasteiger partial charge < -0.3 is 15.0 Å². The second-order valence-corrected chi connectivity index (χ2v) is 5.66. The summed E-state index contributed by atoms with van der Waals surface area (Å²) in [4.78, 5) is 13.7. The first-order valence-electron chi connectivity index (χ1n) is 7.61. The van der Waals surface area contributed by atoms with Crippen molar-refractivity contribution in [1.82, 2.24) is 10.2 Å². The molecule has 2 aliphatic heterocycles. The Morgan fingerprint density at radius 2 is 2.14 bits per heavy atom. The number of urea groups is 1. The zero-order chi connectivity index (χ0) is 15.6. The molecule has 0 unspecified atom stereocenters. The number of nitrogens with one attached hydrogen (secondary N) is 1. The third-order valence-electron chi connectivity index (χ3n) is 4.24. The first-order chi connectivity index (χ1) is 10.7. The highest BCUT2D eigenvalue weighted by Gasteiger charge is 2.39. The Balaban J connectivity index is 1.80. The molecule has 114 valence electrons. The van der Waals surface area contributed by atoms with E-state index in [-0.39, 0.29) is 6.03 Å². The lowest BCUT2D eigenvalue weighted by Crippen LogP contribution is -2.52. The maximum absolute atomic E-state index is 11.9. The summed E-state index contributed by atoms with van der Waals surface area (Å²) in [5, 5.41) is 12.2. The standard InChI is InChI=1S/C17H19N3O2/c1-2-19-16(21)20-9-7-17(8-10-20)11-13(12-18)14-5-3-4-6-15(14)22-17/h3-6,11H,2,7-10H2,1H3,(H,19,21). The van der Waals surface area contributed by atoms with Gasteiger partial charge in [-0.05, 0) is 25.1 Å². The molecular formula is C17H19N3O2. The fourth-order valence-electron chi connectivity index (χ4n) is 3.06. The predicted molar refractivity (Wildman–Crippen MR) is 83.3 cm³/mol. The van der Waals surface area contributed by atoms with Crippen LogP contribution in [0.5, 0.6) is 5.75 Å². The number of piperidine rings is 1. The van der Waals surface area contributed by atoms with E-state index in [4.69, 9.17) is 4.74 Å². The van der Waals surface area contributed by atoms with Crippen LogP contribution in [0.3, 0.4) is 0 Å². The molecule has 0 saturated carbocycles. The van der Waals surface area contributed by atoms with Gasteiger partial charge in [0.1, 0.15) is 11.4 Å². The van der Waals surface area contributed by atoms with Crippen molar-refractivity contribution in [3.8, 4) is 11.8 Å². The van der Waals surface area contributed by atoms with Crippen molar-refractivity contribution in [3.63, 3.8) is 0 Å². The van der Waals surface area contributed by atoms with Gasteiger partial charge in [0.05, 0.1) is 11.6 Å². The third-order valence-corrected chi connectivity index (χ3v) is 4.24. The summed E-state index contributed by atoms with van der Waals surface area (Å²) in [6.45, 7) is 3.79. The van der Waals surface area contributed by atoms with E-state index >= 15 is 0 Å². The van der Waals surface area contributed by atoms with Crippen LogP contribution in [0, 0.1) is 11.3 Å². The molecule has 0 bridgehead atoms. The SMILES string of the molecule is CCNC(=O)N1CCC2(C=C(C#N)c3ccccc3O2)CC1. The molecule has 1 aromatic rings. The Morgan fingerprint density at radius 1 is 1.41 bits per heavy atom. The highest BCUT2D eigenvalue weighted by Crippen LogP contribution is 2.40. The average molecular weight is 297 g/mol. The molecule has 5 heteroatoms. The number of carbonyl (C=O) groups is 1. The molecule has 0 aromatic heterocycles. The smallest absolute Gasteiger partial charge is 0.317 e. The van der Waals surface area contributed by atoms with Crippen molar-refractivity contribution in [1.29, 1.82) is 5.26 Å². The quantitative estimate of drug-likeness (QED) is 0.866. The fourth-order valence-corrected chi connectivity index (χ4v) is 3.06. The average Bonchev–Trinajstić information content (AvgIpc) is 2.55. The van der Waals surface area contributed by atoms with E-state index in [2.05, 4.69) is 11.4 Å². The van der Waals surface area contributed by atoms with Crippen molar-refractivity contribution < 1.29 is 9.53 Å². The number of para-hydroxylation sites is 1. The van der Waals surface area contributed by atoms with Crippen LogP contribution in [0.2, 0.25) is 0 Å². The van der Waals surface area contributed by atoms with Gasteiger partial charge >= 0.3 is 6.03 Å². The van der Waals surface area contributed by atoms with E-state index < -0.39 is 5.60 Å². The molecule has 1 saturated heterocycles. The third kappa shape index (κ3) is 2.52. The Labute approximate surface area is 130 Å². The molecule has 3 rings (SSSR count). The van der Waals surface area contributed by atoms with Crippen LogP contribution in [0.15, 0.2) is 30.3 Å². The maximum Gasteiger partial charge on any atom is 0.317 e. The Kier molecular flexibility index (Phi) is 3.76. The summed E-state index contributed by atoms with van der Waals surface area (Å²) in [6.07, 6.45) is 3.33. The second kappa shape index (κ2) is 5.72. The minimum atomic E-state index is -0.470. The van der Waals surface area contributed by atoms with Gasteiger partial charge in [0.25, 0.3) is 0 Å². The summed E-state index contributed by atoms with van der Waals surface area (Å²) in [6, 6.07) is 9.87. The summed E-state index contributed by atoms with van der Waals surface area (Å²) in [5.74, 6) is 0.757. The number of nitriles is 1. The molecule has 0 radical (unpaired) electrons. The molecule has 1 spiro atoms. The summed E-state index contributed by atoms with van der Waals surface area (Å²) in [5.41, 5.74) is 1.04. The number of ether oxygens (including phenoxy) is 1. The number of hydrogen-bond donors (Lipinski definition) is 1. The molecule has 22 heavy (non-hydrogen) atoms. The van der Waals surface area contributed by atoms with Crippen molar-refractivity contribution in [3.05, 3.63) is 35.9 Å². The number of allylic oxidation sites excluding steroid dienone is 1. The van der Waals surface area contributed by atoms with E-state index in [1.54, 1.807) is 4.90 Å². The van der Waals surface area contributed by atoms with Crippen molar-refractivity contribution >= 4 is 11.6 Å². The van der Waals surface area contributed by atoms with Gasteiger partial charge in [-0.1, -0.05) is 12.1 Å². The number of nitrogens with zero attached hydrogens (tertiary/aromatic N) is 2. The molecule has 5 nitrogen and oxygen atoms in total. The van der Waals surface area contributed by atoms with Crippen LogP contribution in [0.1, 0.15) is 25.3 Å². The zero-order valence-electron chi connectivity index (χ0n) is 12.6. The van der Waals surface area contributed by atoms with Crippen LogP contribution in [0.4, 0.5) is 4.79 Å². The van der Waals surface area contributed by atoms with Gasteiger partial charge in [-0.3, -0.25) is 0 Å². The molecule has 1 aromatic carbocycles. The lowest BCUT2D eigenvalue weighted by Gasteiger charge is -2.42. The summed E-state index contributed by atoms with van der Waals surface area (Å²) < 4.78 is 6.19. The predicted octanol–water partition coefficient (Wildman–Crippen LogP) is 2.55. The number of hydrogen-bond acceptors (Lipinski definition) is 3. The fraction of sp³-hybridized carbons (Fsp3) is 0.412. The van der Waals surface area contributed by atoms with E-state index in [9.17, 15) is 10.1 Å². The first-order valence-corrected chi connectivity index (χ1v) is 7.61. The summed E-state index contributed by atoms with van der Waals surface area (Å²) in [7, 11) is 0. The Bertz CT molecular complexity index is 652. The minimum Gasteiger partial charge on any atom is -0.482 e. The van der Waals surface area contributed by atoms with E-state index in [1.165, 1.54) is 0 Å². The molecule has 1 N–H and O–H groups in total. The summed E-state index contributed by atoms with van der Waals surface area (Å²) >= 11 is 0. The lowest BCUT2D eigenvalue weighted by molar-refractivity contribution is 0.0494. The zero-order valence-corrected chi connectivity index (χ0v) is 12.6. The Morgan fingerprint density at radius 3 is 2.82 bits per heavy atom. The van der Waals surface area contributed by atoms with E-state index in [1.807, 2.05) is 37.3 Å². The monoisotopic (exact) mass is 297 g/mol. The highest BCUT2D eigenvalue weighted by atomic mass is 16.5. The number of benzene rings is 1.